The average molecular weight is 257 g/mol. The molecule has 6 nitrogen and oxygen atoms in total. The van der Waals surface area contributed by atoms with Gasteiger partial charge in [-0.3, -0.25) is 9.78 Å². The van der Waals surface area contributed by atoms with Crippen LogP contribution in [0.25, 0.3) is 0 Å². The van der Waals surface area contributed by atoms with Gasteiger partial charge in [0, 0.05) is 19.4 Å². The van der Waals surface area contributed by atoms with Crippen LogP contribution < -0.4 is 5.32 Å². The summed E-state index contributed by atoms with van der Waals surface area (Å²) in [6, 6.07) is 3.91. The second-order valence-corrected chi connectivity index (χ2v) is 4.82. The first-order valence-electron chi connectivity index (χ1n) is 6.31. The number of carbonyl (C=O) groups excluding carboxylic acids is 1. The monoisotopic (exact) mass is 257 g/mol. The van der Waals surface area contributed by atoms with Crippen molar-refractivity contribution in [2.75, 3.05) is 0 Å². The van der Waals surface area contributed by atoms with Gasteiger partial charge in [-0.1, -0.05) is 11.3 Å². The highest BCUT2D eigenvalue weighted by atomic mass is 16.2. The van der Waals surface area contributed by atoms with E-state index in [0.717, 1.165) is 18.4 Å². The minimum atomic E-state index is -0.145. The van der Waals surface area contributed by atoms with E-state index in [1.54, 1.807) is 13.2 Å². The number of hydrogen-bond donors (Lipinski definition) is 1. The van der Waals surface area contributed by atoms with Crippen molar-refractivity contribution in [3.63, 3.8) is 0 Å². The van der Waals surface area contributed by atoms with Crippen molar-refractivity contribution in [3.05, 3.63) is 42.0 Å². The lowest BCUT2D eigenvalue weighted by Crippen LogP contribution is -2.31. The van der Waals surface area contributed by atoms with Gasteiger partial charge in [0.1, 0.15) is 5.69 Å². The van der Waals surface area contributed by atoms with Crippen LogP contribution in [0.1, 0.15) is 34.9 Å². The number of carbonyl (C=O) groups is 1. The Hall–Kier alpha value is -2.24. The maximum absolute atomic E-state index is 12.2. The molecule has 19 heavy (non-hydrogen) atoms. The Bertz CT molecular complexity index is 576. The van der Waals surface area contributed by atoms with E-state index in [-0.39, 0.29) is 11.9 Å². The van der Waals surface area contributed by atoms with Gasteiger partial charge < -0.3 is 5.32 Å². The summed E-state index contributed by atoms with van der Waals surface area (Å²) < 4.78 is 1.47. The third-order valence-corrected chi connectivity index (χ3v) is 3.37. The molecule has 1 fully saturated rings. The van der Waals surface area contributed by atoms with Crippen LogP contribution in [0.5, 0.6) is 0 Å². The third-order valence-electron chi connectivity index (χ3n) is 3.37. The van der Waals surface area contributed by atoms with Gasteiger partial charge in [-0.05, 0) is 30.4 Å². The molecule has 1 atom stereocenters. The molecule has 1 saturated carbocycles. The highest BCUT2D eigenvalue weighted by Gasteiger charge is 2.34. The van der Waals surface area contributed by atoms with Crippen molar-refractivity contribution in [1.82, 2.24) is 25.3 Å². The molecular formula is C13H15N5O. The minimum absolute atomic E-state index is 0.0242. The molecular weight excluding hydrogens is 242 g/mol. The van der Waals surface area contributed by atoms with E-state index in [1.165, 1.54) is 10.9 Å². The first-order valence-corrected chi connectivity index (χ1v) is 6.31. The third kappa shape index (κ3) is 2.47. The Kier molecular flexibility index (Phi) is 2.98. The van der Waals surface area contributed by atoms with Crippen LogP contribution >= 0.6 is 0 Å². The second-order valence-electron chi connectivity index (χ2n) is 4.82. The number of nitrogens with zero attached hydrogens (tertiary/aromatic N) is 4. The summed E-state index contributed by atoms with van der Waals surface area (Å²) in [6.45, 7) is 0. The summed E-state index contributed by atoms with van der Waals surface area (Å²) in [5.74, 6) is 0.364. The zero-order chi connectivity index (χ0) is 13.2. The number of hydrogen-bond acceptors (Lipinski definition) is 4. The van der Waals surface area contributed by atoms with E-state index in [2.05, 4.69) is 20.6 Å². The molecule has 1 aliphatic rings. The average Bonchev–Trinajstić information content (AvgIpc) is 3.18. The Morgan fingerprint density at radius 3 is 2.89 bits per heavy atom. The van der Waals surface area contributed by atoms with Crippen LogP contribution in [0, 0.1) is 5.92 Å². The summed E-state index contributed by atoms with van der Waals surface area (Å²) in [4.78, 5) is 16.3. The maximum atomic E-state index is 12.2. The molecule has 0 saturated heterocycles. The largest absolute Gasteiger partial charge is 0.344 e. The number of aromatic nitrogens is 4. The molecule has 1 unspecified atom stereocenters. The van der Waals surface area contributed by atoms with Crippen molar-refractivity contribution in [2.24, 2.45) is 13.0 Å². The molecule has 1 amide bonds. The predicted molar refractivity (Wildman–Crippen MR) is 68.2 cm³/mol. The fraction of sp³-hybridized carbons (Fsp3) is 0.385. The molecule has 1 aliphatic carbocycles. The number of nitrogens with one attached hydrogen (secondary N) is 1. The fourth-order valence-corrected chi connectivity index (χ4v) is 2.17. The molecule has 2 aromatic heterocycles. The molecule has 2 heterocycles. The molecule has 3 rings (SSSR count). The Morgan fingerprint density at radius 1 is 1.47 bits per heavy atom. The Labute approximate surface area is 110 Å². The zero-order valence-electron chi connectivity index (χ0n) is 10.7. The molecule has 0 radical (unpaired) electrons. The van der Waals surface area contributed by atoms with E-state index < -0.39 is 0 Å². The van der Waals surface area contributed by atoms with Crippen LogP contribution in [0.4, 0.5) is 0 Å². The SMILES string of the molecule is Cn1nncc1C(=O)NC(c1cccnc1)C1CC1. The number of aryl methyl sites for hydroxylation is 1. The topological polar surface area (TPSA) is 72.7 Å². The lowest BCUT2D eigenvalue weighted by Gasteiger charge is -2.18. The first kappa shape index (κ1) is 11.8. The predicted octanol–water partition coefficient (Wildman–Crippen LogP) is 1.09. The van der Waals surface area contributed by atoms with Crippen LogP contribution in [-0.4, -0.2) is 25.9 Å². The van der Waals surface area contributed by atoms with Gasteiger partial charge >= 0.3 is 0 Å². The summed E-state index contributed by atoms with van der Waals surface area (Å²) in [5.41, 5.74) is 1.52. The number of amides is 1. The zero-order valence-corrected chi connectivity index (χ0v) is 10.7. The number of rotatable bonds is 4. The Balaban J connectivity index is 1.79. The molecule has 0 aromatic carbocycles. The van der Waals surface area contributed by atoms with Gasteiger partial charge in [-0.15, -0.1) is 5.10 Å². The molecule has 0 spiro atoms. The second kappa shape index (κ2) is 4.79. The summed E-state index contributed by atoms with van der Waals surface area (Å²) in [5, 5.41) is 10.6. The van der Waals surface area contributed by atoms with Gasteiger partial charge in [0.2, 0.25) is 0 Å². The van der Waals surface area contributed by atoms with Gasteiger partial charge in [-0.25, -0.2) is 4.68 Å². The van der Waals surface area contributed by atoms with E-state index in [9.17, 15) is 4.79 Å². The lowest BCUT2D eigenvalue weighted by molar-refractivity contribution is 0.0922. The maximum Gasteiger partial charge on any atom is 0.271 e. The molecule has 98 valence electrons. The van der Waals surface area contributed by atoms with E-state index in [4.69, 9.17) is 0 Å². The lowest BCUT2D eigenvalue weighted by atomic mass is 10.0. The van der Waals surface area contributed by atoms with Gasteiger partial charge in [-0.2, -0.15) is 0 Å². The summed E-state index contributed by atoms with van der Waals surface area (Å²) >= 11 is 0. The van der Waals surface area contributed by atoms with Crippen molar-refractivity contribution < 1.29 is 4.79 Å². The van der Waals surface area contributed by atoms with Gasteiger partial charge in [0.05, 0.1) is 12.2 Å². The minimum Gasteiger partial charge on any atom is -0.344 e. The van der Waals surface area contributed by atoms with Crippen molar-refractivity contribution in [1.29, 1.82) is 0 Å². The molecule has 2 aromatic rings. The highest BCUT2D eigenvalue weighted by molar-refractivity contribution is 5.92. The van der Waals surface area contributed by atoms with E-state index >= 15 is 0 Å². The normalized spacial score (nSPS) is 16.1. The van der Waals surface area contributed by atoms with Crippen LogP contribution in [0.2, 0.25) is 0 Å². The highest BCUT2D eigenvalue weighted by Crippen LogP contribution is 2.40. The quantitative estimate of drug-likeness (QED) is 0.890. The van der Waals surface area contributed by atoms with Crippen LogP contribution in [-0.2, 0) is 7.05 Å². The molecule has 6 heteroatoms. The Morgan fingerprint density at radius 2 is 2.32 bits per heavy atom. The smallest absolute Gasteiger partial charge is 0.271 e. The van der Waals surface area contributed by atoms with Crippen LogP contribution in [0.3, 0.4) is 0 Å². The van der Waals surface area contributed by atoms with Crippen molar-refractivity contribution in [3.8, 4) is 0 Å². The van der Waals surface area contributed by atoms with Crippen molar-refractivity contribution >= 4 is 5.91 Å². The molecule has 0 aliphatic heterocycles. The molecule has 1 N–H and O–H groups in total. The molecule has 0 bridgehead atoms. The summed E-state index contributed by atoms with van der Waals surface area (Å²) in [6.07, 6.45) is 7.31. The first-order chi connectivity index (χ1) is 9.25. The fourth-order valence-electron chi connectivity index (χ4n) is 2.17. The van der Waals surface area contributed by atoms with Crippen LogP contribution in [0.15, 0.2) is 30.7 Å². The van der Waals surface area contributed by atoms with Crippen molar-refractivity contribution in [2.45, 2.75) is 18.9 Å². The van der Waals surface area contributed by atoms with E-state index in [1.807, 2.05) is 18.3 Å². The van der Waals surface area contributed by atoms with Gasteiger partial charge in [0.15, 0.2) is 0 Å². The van der Waals surface area contributed by atoms with E-state index in [0.29, 0.717) is 11.6 Å². The standard InChI is InChI=1S/C13H15N5O/c1-18-11(8-15-17-18)13(19)16-12(9-4-5-9)10-3-2-6-14-7-10/h2-3,6-9,12H,4-5H2,1H3,(H,16,19). The summed E-state index contributed by atoms with van der Waals surface area (Å²) in [7, 11) is 1.71. The van der Waals surface area contributed by atoms with Gasteiger partial charge in [0.25, 0.3) is 5.91 Å². The number of pyridine rings is 1.